The number of aromatic nitrogens is 1. The van der Waals surface area contributed by atoms with Gasteiger partial charge in [-0.05, 0) is 42.0 Å². The van der Waals surface area contributed by atoms with Crippen molar-refractivity contribution in [1.29, 1.82) is 0 Å². The van der Waals surface area contributed by atoms with Crippen LogP contribution in [0.3, 0.4) is 0 Å². The maximum Gasteiger partial charge on any atom is 0.235 e. The van der Waals surface area contributed by atoms with E-state index in [4.69, 9.17) is 5.73 Å². The molecule has 1 heterocycles. The molecule has 174 valence electrons. The van der Waals surface area contributed by atoms with Gasteiger partial charge in [-0.25, -0.2) is 4.39 Å². The second kappa shape index (κ2) is 7.36. The van der Waals surface area contributed by atoms with Gasteiger partial charge in [-0.1, -0.05) is 6.07 Å². The molecular weight excluding hydrogens is 447 g/mol. The first-order valence-corrected chi connectivity index (χ1v) is 10.7. The molecule has 3 aliphatic rings. The molecule has 0 radical (unpaired) electrons. The molecule has 5 rings (SSSR count). The second-order valence-corrected chi connectivity index (χ2v) is 9.08. The van der Waals surface area contributed by atoms with Crippen LogP contribution in [-0.4, -0.2) is 49.8 Å². The van der Waals surface area contributed by atoms with Crippen molar-refractivity contribution in [2.45, 2.75) is 24.9 Å². The summed E-state index contributed by atoms with van der Waals surface area (Å²) in [7, 11) is 0. The van der Waals surface area contributed by atoms with Crippen molar-refractivity contribution in [3.63, 3.8) is 0 Å². The molecule has 2 aromatic rings. The molecule has 0 bridgehead atoms. The van der Waals surface area contributed by atoms with E-state index in [1.807, 2.05) is 0 Å². The predicted octanol–water partition coefficient (Wildman–Crippen LogP) is 0.528. The number of halogens is 1. The fraction of sp³-hybridized carbons (Fsp3) is 0.333. The number of amides is 1. The molecule has 1 aromatic heterocycles. The Labute approximate surface area is 191 Å². The monoisotopic (exact) mass is 466 g/mol. The van der Waals surface area contributed by atoms with Crippen LogP contribution >= 0.6 is 0 Å². The van der Waals surface area contributed by atoms with E-state index in [9.17, 15) is 38.6 Å². The van der Waals surface area contributed by atoms with Crippen LogP contribution in [-0.2, 0) is 25.6 Å². The molecule has 5 atom stereocenters. The Morgan fingerprint density at radius 2 is 1.82 bits per heavy atom. The van der Waals surface area contributed by atoms with E-state index >= 15 is 0 Å². The predicted molar refractivity (Wildman–Crippen MR) is 112 cm³/mol. The van der Waals surface area contributed by atoms with Gasteiger partial charge in [0, 0.05) is 24.1 Å². The fourth-order valence-electron chi connectivity index (χ4n) is 5.81. The number of Topliss-reactive ketones (excluding diaryl/α,β-unsaturated/α-hetero) is 4. The van der Waals surface area contributed by atoms with E-state index in [2.05, 4.69) is 4.98 Å². The van der Waals surface area contributed by atoms with Crippen molar-refractivity contribution in [1.82, 2.24) is 4.98 Å². The van der Waals surface area contributed by atoms with Crippen LogP contribution in [0.4, 0.5) is 4.39 Å². The molecule has 0 spiro atoms. The average Bonchev–Trinajstić information content (AvgIpc) is 2.77. The number of phenolic OH excluding ortho intramolecular Hbond substituents is 1. The molecule has 1 amide bonds. The summed E-state index contributed by atoms with van der Waals surface area (Å²) in [5.74, 6) is -11.6. The largest absolute Gasteiger partial charge is 0.507 e. The first kappa shape index (κ1) is 22.0. The second-order valence-electron chi connectivity index (χ2n) is 9.08. The molecule has 2 saturated carbocycles. The van der Waals surface area contributed by atoms with Crippen LogP contribution < -0.4 is 5.73 Å². The maximum absolute atomic E-state index is 14.5. The Kier molecular flexibility index (Phi) is 4.77. The van der Waals surface area contributed by atoms with Gasteiger partial charge in [0.25, 0.3) is 0 Å². The highest BCUT2D eigenvalue weighted by Crippen LogP contribution is 2.51. The van der Waals surface area contributed by atoms with Crippen molar-refractivity contribution in [3.8, 4) is 16.9 Å². The number of phenols is 1. The molecule has 1 aromatic carbocycles. The molecular formula is C24H19FN2O7. The summed E-state index contributed by atoms with van der Waals surface area (Å²) < 4.78 is 14.5. The summed E-state index contributed by atoms with van der Waals surface area (Å²) in [4.78, 5) is 67.6. The lowest BCUT2D eigenvalue weighted by Gasteiger charge is -2.48. The minimum Gasteiger partial charge on any atom is -0.507 e. The Bertz CT molecular complexity index is 1320. The minimum atomic E-state index is -2.70. The molecule has 3 aliphatic carbocycles. The SMILES string of the molecule is NC(=O)C1C(=O)C[C@@H]2C[C@@H]3Cc4c(-c5ccncc5F)ccc(O)c4C(=O)C3C(=O)[C@]2(O)C1=O. The number of nitrogens with zero attached hydrogens (tertiary/aromatic N) is 1. The van der Waals surface area contributed by atoms with Gasteiger partial charge >= 0.3 is 0 Å². The highest BCUT2D eigenvalue weighted by Gasteiger charge is 2.66. The lowest BCUT2D eigenvalue weighted by Crippen LogP contribution is -2.68. The summed E-state index contributed by atoms with van der Waals surface area (Å²) in [5.41, 5.74) is 3.11. The third-order valence-corrected chi connectivity index (χ3v) is 7.35. The standard InChI is InChI=1S/C24H19FN2O7/c25-14-8-27-4-3-12(14)11-1-2-15(28)18-13(11)6-9-5-10-7-16(29)19(23(26)33)22(32)24(10,34)21(31)17(9)20(18)30/h1-4,8-10,17,19,28,34H,5-7H2,(H2,26,33)/t9-,10+,17?,19?,24+/m1/s1. The summed E-state index contributed by atoms with van der Waals surface area (Å²) in [6.45, 7) is 0. The zero-order valence-corrected chi connectivity index (χ0v) is 17.7. The third kappa shape index (κ3) is 2.81. The molecule has 10 heteroatoms. The fourth-order valence-corrected chi connectivity index (χ4v) is 5.81. The van der Waals surface area contributed by atoms with Crippen LogP contribution in [0.15, 0.2) is 30.6 Å². The number of ketones is 4. The highest BCUT2D eigenvalue weighted by molar-refractivity contribution is 6.31. The summed E-state index contributed by atoms with van der Waals surface area (Å²) >= 11 is 0. The lowest BCUT2D eigenvalue weighted by atomic mass is 9.53. The summed E-state index contributed by atoms with van der Waals surface area (Å²) in [6.07, 6.45) is 2.01. The van der Waals surface area contributed by atoms with E-state index in [0.29, 0.717) is 11.1 Å². The van der Waals surface area contributed by atoms with Gasteiger partial charge in [0.2, 0.25) is 5.91 Å². The van der Waals surface area contributed by atoms with Crippen LogP contribution in [0.25, 0.3) is 11.1 Å². The molecule has 4 N–H and O–H groups in total. The molecule has 9 nitrogen and oxygen atoms in total. The van der Waals surface area contributed by atoms with Crippen LogP contribution in [0, 0.1) is 29.5 Å². The van der Waals surface area contributed by atoms with Gasteiger partial charge < -0.3 is 15.9 Å². The molecule has 0 saturated heterocycles. The van der Waals surface area contributed by atoms with Gasteiger partial charge in [-0.2, -0.15) is 0 Å². The van der Waals surface area contributed by atoms with Crippen LogP contribution in [0.2, 0.25) is 0 Å². The number of aliphatic hydroxyl groups is 1. The van der Waals surface area contributed by atoms with E-state index in [0.717, 1.165) is 6.20 Å². The number of benzene rings is 1. The summed E-state index contributed by atoms with van der Waals surface area (Å²) in [5, 5.41) is 21.6. The Hall–Kier alpha value is -3.79. The number of hydrogen-bond acceptors (Lipinski definition) is 8. The third-order valence-electron chi connectivity index (χ3n) is 7.35. The van der Waals surface area contributed by atoms with Gasteiger partial charge in [-0.15, -0.1) is 0 Å². The Morgan fingerprint density at radius 1 is 1.09 bits per heavy atom. The zero-order valence-electron chi connectivity index (χ0n) is 17.7. The number of carbonyl (C=O) groups is 5. The topological polar surface area (TPSA) is 165 Å². The Balaban J connectivity index is 1.63. The van der Waals surface area contributed by atoms with Crippen LogP contribution in [0.5, 0.6) is 5.75 Å². The molecule has 2 fully saturated rings. The van der Waals surface area contributed by atoms with Crippen LogP contribution in [0.1, 0.15) is 28.8 Å². The normalized spacial score (nSPS) is 30.4. The first-order chi connectivity index (χ1) is 16.1. The minimum absolute atomic E-state index is 0.0328. The summed E-state index contributed by atoms with van der Waals surface area (Å²) in [6, 6.07) is 4.10. The van der Waals surface area contributed by atoms with Gasteiger partial charge in [0.1, 0.15) is 11.6 Å². The van der Waals surface area contributed by atoms with Crippen molar-refractivity contribution >= 4 is 29.0 Å². The van der Waals surface area contributed by atoms with Crippen molar-refractivity contribution < 1.29 is 38.6 Å². The van der Waals surface area contributed by atoms with E-state index in [1.165, 1.54) is 24.4 Å². The van der Waals surface area contributed by atoms with Crippen molar-refractivity contribution in [3.05, 3.63) is 47.5 Å². The van der Waals surface area contributed by atoms with E-state index < -0.39 is 76.3 Å². The van der Waals surface area contributed by atoms with E-state index in [-0.39, 0.29) is 24.0 Å². The molecule has 0 aliphatic heterocycles. The number of carbonyl (C=O) groups excluding carboxylic acids is 5. The average molecular weight is 466 g/mol. The van der Waals surface area contributed by atoms with E-state index in [1.54, 1.807) is 0 Å². The number of pyridine rings is 1. The molecule has 2 unspecified atom stereocenters. The number of rotatable bonds is 2. The zero-order chi connectivity index (χ0) is 24.5. The highest BCUT2D eigenvalue weighted by atomic mass is 19.1. The molecule has 34 heavy (non-hydrogen) atoms. The number of fused-ring (bicyclic) bond motifs is 3. The van der Waals surface area contributed by atoms with Gasteiger partial charge in [0.15, 0.2) is 34.7 Å². The quantitative estimate of drug-likeness (QED) is 0.539. The maximum atomic E-state index is 14.5. The van der Waals surface area contributed by atoms with Gasteiger partial charge in [-0.3, -0.25) is 29.0 Å². The smallest absolute Gasteiger partial charge is 0.235 e. The first-order valence-electron chi connectivity index (χ1n) is 10.7. The number of hydrogen-bond donors (Lipinski definition) is 3. The van der Waals surface area contributed by atoms with Gasteiger partial charge in [0.05, 0.1) is 17.7 Å². The lowest BCUT2D eigenvalue weighted by molar-refractivity contribution is -0.175. The number of aromatic hydroxyl groups is 1. The number of nitrogens with two attached hydrogens (primary N) is 1. The Morgan fingerprint density at radius 3 is 2.50 bits per heavy atom. The number of primary amides is 1. The van der Waals surface area contributed by atoms with Crippen molar-refractivity contribution in [2.75, 3.05) is 0 Å². The van der Waals surface area contributed by atoms with Crippen molar-refractivity contribution in [2.24, 2.45) is 29.4 Å².